The Morgan fingerprint density at radius 2 is 1.97 bits per heavy atom. The standard InChI is InChI=1S/C27H41FN4O3/c1-6-13-31(24-19-22(24)20-9-11-21(28)12-10-20)14-7-8-23(29-26(34)35-27(2,3)4)25(33)32-17-15-30(5)16-18-32/h6,9-12,22-24H,1,7-8,13-19H2,2-5H3,(H,29,34)/t22-,23-,24?/m0/s1/i5D3. The maximum absolute atomic E-state index is 13.4. The number of carbonyl (C=O) groups is 2. The van der Waals surface area contributed by atoms with Gasteiger partial charge >= 0.3 is 6.09 Å². The van der Waals surface area contributed by atoms with Gasteiger partial charge in [-0.25, -0.2) is 9.18 Å². The molecule has 0 aromatic heterocycles. The van der Waals surface area contributed by atoms with Gasteiger partial charge < -0.3 is 19.9 Å². The molecule has 1 aliphatic carbocycles. The Kier molecular flexibility index (Phi) is 7.87. The van der Waals surface area contributed by atoms with Gasteiger partial charge in [0.25, 0.3) is 0 Å². The van der Waals surface area contributed by atoms with Gasteiger partial charge in [-0.1, -0.05) is 18.2 Å². The zero-order valence-corrected chi connectivity index (χ0v) is 21.1. The van der Waals surface area contributed by atoms with Crippen LogP contribution in [0.25, 0.3) is 0 Å². The lowest BCUT2D eigenvalue weighted by Crippen LogP contribution is -2.54. The van der Waals surface area contributed by atoms with Crippen LogP contribution in [-0.2, 0) is 9.53 Å². The summed E-state index contributed by atoms with van der Waals surface area (Å²) in [6.07, 6.45) is 3.25. The first-order valence-corrected chi connectivity index (χ1v) is 12.4. The molecule has 1 aromatic rings. The molecule has 0 bridgehead atoms. The van der Waals surface area contributed by atoms with Crippen LogP contribution in [0, 0.1) is 5.82 Å². The number of hydrogen-bond donors (Lipinski definition) is 1. The van der Waals surface area contributed by atoms with E-state index >= 15 is 0 Å². The number of halogens is 1. The molecule has 1 aromatic carbocycles. The van der Waals surface area contributed by atoms with E-state index in [2.05, 4.69) is 16.8 Å². The van der Waals surface area contributed by atoms with Crippen LogP contribution in [-0.4, -0.2) is 90.6 Å². The molecule has 0 radical (unpaired) electrons. The molecule has 8 heteroatoms. The number of amides is 2. The fourth-order valence-corrected chi connectivity index (χ4v) is 4.56. The summed E-state index contributed by atoms with van der Waals surface area (Å²) < 4.78 is 41.5. The summed E-state index contributed by atoms with van der Waals surface area (Å²) in [4.78, 5) is 31.3. The third-order valence-electron chi connectivity index (χ3n) is 6.41. The van der Waals surface area contributed by atoms with Crippen molar-refractivity contribution in [2.45, 2.75) is 63.6 Å². The smallest absolute Gasteiger partial charge is 0.408 e. The van der Waals surface area contributed by atoms with E-state index in [4.69, 9.17) is 8.85 Å². The summed E-state index contributed by atoms with van der Waals surface area (Å²) in [6.45, 7) is 9.45. The second-order valence-corrected chi connectivity index (χ2v) is 10.4. The molecular weight excluding hydrogens is 447 g/mol. The Morgan fingerprint density at radius 3 is 2.57 bits per heavy atom. The van der Waals surface area contributed by atoms with Gasteiger partial charge in [0.15, 0.2) is 0 Å². The van der Waals surface area contributed by atoms with Crippen molar-refractivity contribution in [3.63, 3.8) is 0 Å². The summed E-state index contributed by atoms with van der Waals surface area (Å²) in [5.41, 5.74) is 0.409. The van der Waals surface area contributed by atoms with Crippen molar-refractivity contribution in [2.75, 3.05) is 46.2 Å². The van der Waals surface area contributed by atoms with Crippen LogP contribution in [0.15, 0.2) is 36.9 Å². The first-order chi connectivity index (χ1) is 17.8. The van der Waals surface area contributed by atoms with Crippen LogP contribution in [0.5, 0.6) is 0 Å². The fourth-order valence-electron chi connectivity index (χ4n) is 4.56. The topological polar surface area (TPSA) is 65.1 Å². The lowest BCUT2D eigenvalue weighted by Gasteiger charge is -2.35. The van der Waals surface area contributed by atoms with Crippen LogP contribution in [0.3, 0.4) is 0 Å². The predicted molar refractivity (Wildman–Crippen MR) is 136 cm³/mol. The minimum atomic E-state index is -2.19. The molecule has 194 valence electrons. The minimum Gasteiger partial charge on any atom is -0.444 e. The normalized spacial score (nSPS) is 23.1. The molecule has 0 spiro atoms. The van der Waals surface area contributed by atoms with Gasteiger partial charge in [-0.05, 0) is 71.3 Å². The molecule has 1 saturated heterocycles. The van der Waals surface area contributed by atoms with Gasteiger partial charge in [0.1, 0.15) is 17.5 Å². The third kappa shape index (κ3) is 8.32. The first-order valence-electron chi connectivity index (χ1n) is 13.9. The van der Waals surface area contributed by atoms with Crippen molar-refractivity contribution < 1.29 is 22.8 Å². The van der Waals surface area contributed by atoms with Gasteiger partial charge in [-0.15, -0.1) is 6.58 Å². The maximum Gasteiger partial charge on any atom is 0.408 e. The van der Waals surface area contributed by atoms with Crippen LogP contribution in [0.1, 0.15) is 55.6 Å². The van der Waals surface area contributed by atoms with Crippen LogP contribution in [0.2, 0.25) is 0 Å². The van der Waals surface area contributed by atoms with Crippen molar-refractivity contribution >= 4 is 12.0 Å². The highest BCUT2D eigenvalue weighted by Gasteiger charge is 2.42. The summed E-state index contributed by atoms with van der Waals surface area (Å²) in [5.74, 6) is -0.142. The van der Waals surface area contributed by atoms with Crippen molar-refractivity contribution in [3.8, 4) is 0 Å². The van der Waals surface area contributed by atoms with Crippen molar-refractivity contribution in [1.29, 1.82) is 0 Å². The molecule has 35 heavy (non-hydrogen) atoms. The molecular formula is C27H41FN4O3. The SMILES string of the molecule is [2H]C([2H])([2H])N1CCN(C(=O)[C@H](CCCN(CC=C)C2C[C@H]2c2ccc(F)cc2)NC(=O)OC(C)(C)C)CC1. The van der Waals surface area contributed by atoms with Crippen molar-refractivity contribution in [3.05, 3.63) is 48.3 Å². The predicted octanol–water partition coefficient (Wildman–Crippen LogP) is 3.62. The monoisotopic (exact) mass is 491 g/mol. The van der Waals surface area contributed by atoms with Crippen molar-refractivity contribution in [1.82, 2.24) is 20.0 Å². The molecule has 2 fully saturated rings. The van der Waals surface area contributed by atoms with E-state index in [1.54, 1.807) is 25.7 Å². The Balaban J connectivity index is 1.60. The second kappa shape index (κ2) is 12.0. The number of piperazine rings is 1. The van der Waals surface area contributed by atoms with Gasteiger partial charge in [0.2, 0.25) is 5.91 Å². The largest absolute Gasteiger partial charge is 0.444 e. The van der Waals surface area contributed by atoms with Crippen molar-refractivity contribution in [2.24, 2.45) is 0 Å². The molecule has 3 atom stereocenters. The van der Waals surface area contributed by atoms with E-state index in [1.165, 1.54) is 17.0 Å². The quantitative estimate of drug-likeness (QED) is 0.507. The number of nitrogens with zero attached hydrogens (tertiary/aromatic N) is 3. The van der Waals surface area contributed by atoms with E-state index in [-0.39, 0.29) is 37.9 Å². The van der Waals surface area contributed by atoms with E-state index in [1.807, 2.05) is 18.2 Å². The Labute approximate surface area is 213 Å². The van der Waals surface area contributed by atoms with Crippen LogP contribution >= 0.6 is 0 Å². The maximum atomic E-state index is 13.4. The fraction of sp³-hybridized carbons (Fsp3) is 0.630. The number of benzene rings is 1. The minimum absolute atomic E-state index is 0.230. The Morgan fingerprint density at radius 1 is 1.29 bits per heavy atom. The highest BCUT2D eigenvalue weighted by atomic mass is 19.1. The third-order valence-corrected chi connectivity index (χ3v) is 6.41. The molecule has 2 aliphatic rings. The first kappa shape index (κ1) is 23.0. The molecule has 1 unspecified atom stereocenters. The summed E-state index contributed by atoms with van der Waals surface area (Å²) in [6, 6.07) is 6.17. The number of alkyl carbamates (subject to hydrolysis) is 1. The molecule has 7 nitrogen and oxygen atoms in total. The molecule has 1 N–H and O–H groups in total. The molecule has 1 aliphatic heterocycles. The zero-order chi connectivity index (χ0) is 28.1. The van der Waals surface area contributed by atoms with Crippen LogP contribution in [0.4, 0.5) is 9.18 Å². The lowest BCUT2D eigenvalue weighted by atomic mass is 10.1. The van der Waals surface area contributed by atoms with E-state index in [9.17, 15) is 14.0 Å². The molecule has 1 saturated carbocycles. The highest BCUT2D eigenvalue weighted by Crippen LogP contribution is 2.44. The Bertz CT molecular complexity index is 960. The number of carbonyl (C=O) groups excluding carboxylic acids is 2. The summed E-state index contributed by atoms with van der Waals surface area (Å²) in [7, 11) is 0. The number of hydrogen-bond acceptors (Lipinski definition) is 5. The highest BCUT2D eigenvalue weighted by molar-refractivity contribution is 5.85. The van der Waals surface area contributed by atoms with Gasteiger partial charge in [-0.2, -0.15) is 0 Å². The van der Waals surface area contributed by atoms with E-state index < -0.39 is 24.7 Å². The van der Waals surface area contributed by atoms with E-state index in [0.29, 0.717) is 37.9 Å². The lowest BCUT2D eigenvalue weighted by molar-refractivity contribution is -0.135. The molecule has 1 heterocycles. The Hall–Kier alpha value is -2.45. The summed E-state index contributed by atoms with van der Waals surface area (Å²) >= 11 is 0. The second-order valence-electron chi connectivity index (χ2n) is 10.4. The zero-order valence-electron chi connectivity index (χ0n) is 24.1. The molecule has 3 rings (SSSR count). The van der Waals surface area contributed by atoms with Gasteiger partial charge in [0.05, 0.1) is 0 Å². The number of likely N-dealkylation sites (N-methyl/N-ethyl adjacent to an activating group) is 1. The number of nitrogens with one attached hydrogen (secondary N) is 1. The average Bonchev–Trinajstić information content (AvgIpc) is 3.62. The van der Waals surface area contributed by atoms with E-state index in [0.717, 1.165) is 12.0 Å². The number of rotatable bonds is 10. The number of ether oxygens (including phenoxy) is 1. The summed E-state index contributed by atoms with van der Waals surface area (Å²) in [5, 5.41) is 2.75. The van der Waals surface area contributed by atoms with Crippen LogP contribution < -0.4 is 5.32 Å². The van der Waals surface area contributed by atoms with Gasteiger partial charge in [-0.3, -0.25) is 9.69 Å². The average molecular weight is 492 g/mol. The molecule has 2 amide bonds. The van der Waals surface area contributed by atoms with Gasteiger partial charge in [0, 0.05) is 48.8 Å².